The van der Waals surface area contributed by atoms with Crippen molar-refractivity contribution in [2.24, 2.45) is 0 Å². The second kappa shape index (κ2) is 8.97. The molecule has 0 saturated heterocycles. The second-order valence-corrected chi connectivity index (χ2v) is 5.80. The summed E-state index contributed by atoms with van der Waals surface area (Å²) in [4.78, 5) is 11.6. The number of anilines is 1. The molecule has 0 aliphatic rings. The number of nitrogens with one attached hydrogen (secondary N) is 1. The van der Waals surface area contributed by atoms with Gasteiger partial charge in [0.1, 0.15) is 0 Å². The van der Waals surface area contributed by atoms with E-state index in [2.05, 4.69) is 5.32 Å². The maximum atomic E-state index is 11.6. The molecule has 2 aromatic rings. The summed E-state index contributed by atoms with van der Waals surface area (Å²) in [6.07, 6.45) is 0.0933. The molecule has 0 amide bonds. The summed E-state index contributed by atoms with van der Waals surface area (Å²) in [5.41, 5.74) is 2.54. The van der Waals surface area contributed by atoms with E-state index in [9.17, 15) is 4.79 Å². The van der Waals surface area contributed by atoms with Crippen molar-refractivity contribution >= 4 is 11.7 Å². The standard InChI is InChI=1S/C20H25NO4/c1-5-24-20(22)16-7-9-17(10-8-16)21-13-15-6-11-18(25-14(2)3)19(12-15)23-4/h6-12,14,21H,5,13H2,1-4H3. The number of hydrogen-bond acceptors (Lipinski definition) is 5. The van der Waals surface area contributed by atoms with Crippen molar-refractivity contribution in [3.63, 3.8) is 0 Å². The zero-order chi connectivity index (χ0) is 18.2. The molecule has 5 heteroatoms. The lowest BCUT2D eigenvalue weighted by atomic mass is 10.1. The van der Waals surface area contributed by atoms with Crippen LogP contribution < -0.4 is 14.8 Å². The highest BCUT2D eigenvalue weighted by Gasteiger charge is 2.08. The summed E-state index contributed by atoms with van der Waals surface area (Å²) in [5.74, 6) is 1.14. The smallest absolute Gasteiger partial charge is 0.338 e. The van der Waals surface area contributed by atoms with Crippen LogP contribution >= 0.6 is 0 Å². The maximum absolute atomic E-state index is 11.6. The van der Waals surface area contributed by atoms with E-state index < -0.39 is 0 Å². The van der Waals surface area contributed by atoms with E-state index in [0.29, 0.717) is 24.5 Å². The van der Waals surface area contributed by atoms with Crippen LogP contribution in [0.15, 0.2) is 42.5 Å². The van der Waals surface area contributed by atoms with E-state index in [1.165, 1.54) is 0 Å². The molecule has 0 atom stereocenters. The monoisotopic (exact) mass is 343 g/mol. The van der Waals surface area contributed by atoms with Gasteiger partial charge in [-0.25, -0.2) is 4.79 Å². The Bertz CT molecular complexity index is 695. The fourth-order valence-electron chi connectivity index (χ4n) is 2.32. The molecule has 5 nitrogen and oxygen atoms in total. The van der Waals surface area contributed by atoms with Gasteiger partial charge >= 0.3 is 5.97 Å². The molecule has 0 saturated carbocycles. The Hall–Kier alpha value is -2.69. The van der Waals surface area contributed by atoms with Crippen molar-refractivity contribution in [1.29, 1.82) is 0 Å². The highest BCUT2D eigenvalue weighted by atomic mass is 16.5. The van der Waals surface area contributed by atoms with Crippen LogP contribution in [0.4, 0.5) is 5.69 Å². The molecule has 0 aromatic heterocycles. The molecule has 0 radical (unpaired) electrons. The quantitative estimate of drug-likeness (QED) is 0.725. The molecule has 0 bridgehead atoms. The van der Waals surface area contributed by atoms with Crippen LogP contribution in [0.25, 0.3) is 0 Å². The van der Waals surface area contributed by atoms with Gasteiger partial charge in [-0.15, -0.1) is 0 Å². The molecule has 0 fully saturated rings. The fourth-order valence-corrected chi connectivity index (χ4v) is 2.32. The summed E-state index contributed by atoms with van der Waals surface area (Å²) in [5, 5.41) is 3.32. The molecular formula is C20H25NO4. The minimum absolute atomic E-state index is 0.0933. The topological polar surface area (TPSA) is 56.8 Å². The van der Waals surface area contributed by atoms with Gasteiger partial charge in [-0.05, 0) is 62.7 Å². The maximum Gasteiger partial charge on any atom is 0.338 e. The zero-order valence-electron chi connectivity index (χ0n) is 15.2. The van der Waals surface area contributed by atoms with E-state index >= 15 is 0 Å². The highest BCUT2D eigenvalue weighted by molar-refractivity contribution is 5.89. The van der Waals surface area contributed by atoms with Crippen molar-refractivity contribution in [3.05, 3.63) is 53.6 Å². The van der Waals surface area contributed by atoms with E-state index in [4.69, 9.17) is 14.2 Å². The SMILES string of the molecule is CCOC(=O)c1ccc(NCc2ccc(OC(C)C)c(OC)c2)cc1. The summed E-state index contributed by atoms with van der Waals surface area (Å²) in [7, 11) is 1.63. The average molecular weight is 343 g/mol. The molecule has 0 aliphatic carbocycles. The Morgan fingerprint density at radius 2 is 1.80 bits per heavy atom. The summed E-state index contributed by atoms with van der Waals surface area (Å²) in [6, 6.07) is 13.1. The molecule has 1 N–H and O–H groups in total. The molecule has 2 rings (SSSR count). The number of ether oxygens (including phenoxy) is 3. The first-order chi connectivity index (χ1) is 12.0. The van der Waals surface area contributed by atoms with Crippen LogP contribution in [0.1, 0.15) is 36.7 Å². The van der Waals surface area contributed by atoms with E-state index in [0.717, 1.165) is 17.0 Å². The first-order valence-corrected chi connectivity index (χ1v) is 8.38. The third-order valence-electron chi connectivity index (χ3n) is 3.48. The van der Waals surface area contributed by atoms with Crippen LogP contribution in [-0.2, 0) is 11.3 Å². The van der Waals surface area contributed by atoms with E-state index in [-0.39, 0.29) is 12.1 Å². The number of hydrogen-bond donors (Lipinski definition) is 1. The number of carbonyl (C=O) groups excluding carboxylic acids is 1. The predicted octanol–water partition coefficient (Wildman–Crippen LogP) is 4.27. The summed E-state index contributed by atoms with van der Waals surface area (Å²) < 4.78 is 16.1. The average Bonchev–Trinajstić information content (AvgIpc) is 2.61. The van der Waals surface area contributed by atoms with Crippen LogP contribution in [0.5, 0.6) is 11.5 Å². The predicted molar refractivity (Wildman–Crippen MR) is 98.5 cm³/mol. The Morgan fingerprint density at radius 3 is 2.40 bits per heavy atom. The van der Waals surface area contributed by atoms with Crippen LogP contribution in [0.2, 0.25) is 0 Å². The van der Waals surface area contributed by atoms with Crippen molar-refractivity contribution in [1.82, 2.24) is 0 Å². The molecule has 134 valence electrons. The van der Waals surface area contributed by atoms with Crippen LogP contribution in [0.3, 0.4) is 0 Å². The lowest BCUT2D eigenvalue weighted by Gasteiger charge is -2.15. The van der Waals surface area contributed by atoms with Crippen molar-refractivity contribution in [2.75, 3.05) is 19.0 Å². The van der Waals surface area contributed by atoms with E-state index in [1.807, 2.05) is 44.2 Å². The Balaban J connectivity index is 2.00. The minimum Gasteiger partial charge on any atom is -0.493 e. The van der Waals surface area contributed by atoms with Gasteiger partial charge < -0.3 is 19.5 Å². The van der Waals surface area contributed by atoms with Gasteiger partial charge in [0.25, 0.3) is 0 Å². The van der Waals surface area contributed by atoms with Crippen LogP contribution in [0, 0.1) is 0 Å². The highest BCUT2D eigenvalue weighted by Crippen LogP contribution is 2.29. The van der Waals surface area contributed by atoms with Gasteiger partial charge in [0, 0.05) is 12.2 Å². The lowest BCUT2D eigenvalue weighted by molar-refractivity contribution is 0.0526. The van der Waals surface area contributed by atoms with Gasteiger partial charge in [0.05, 0.1) is 25.4 Å². The third-order valence-corrected chi connectivity index (χ3v) is 3.48. The number of benzene rings is 2. The molecule has 0 spiro atoms. The van der Waals surface area contributed by atoms with Gasteiger partial charge in [-0.2, -0.15) is 0 Å². The van der Waals surface area contributed by atoms with Crippen molar-refractivity contribution in [3.8, 4) is 11.5 Å². The molecule has 25 heavy (non-hydrogen) atoms. The zero-order valence-corrected chi connectivity index (χ0v) is 15.2. The Kier molecular flexibility index (Phi) is 6.69. The normalized spacial score (nSPS) is 10.4. The molecular weight excluding hydrogens is 318 g/mol. The van der Waals surface area contributed by atoms with Crippen molar-refractivity contribution in [2.45, 2.75) is 33.4 Å². The van der Waals surface area contributed by atoms with Gasteiger partial charge in [-0.1, -0.05) is 6.07 Å². The Labute approximate surface area is 148 Å². The van der Waals surface area contributed by atoms with Gasteiger partial charge in [-0.3, -0.25) is 0 Å². The van der Waals surface area contributed by atoms with Crippen LogP contribution in [-0.4, -0.2) is 25.8 Å². The largest absolute Gasteiger partial charge is 0.493 e. The molecule has 0 unspecified atom stereocenters. The fraction of sp³-hybridized carbons (Fsp3) is 0.350. The van der Waals surface area contributed by atoms with Crippen molar-refractivity contribution < 1.29 is 19.0 Å². The van der Waals surface area contributed by atoms with Gasteiger partial charge in [0.2, 0.25) is 0 Å². The lowest BCUT2D eigenvalue weighted by Crippen LogP contribution is -2.07. The second-order valence-electron chi connectivity index (χ2n) is 5.80. The Morgan fingerprint density at radius 1 is 1.08 bits per heavy atom. The number of methoxy groups -OCH3 is 1. The number of carbonyl (C=O) groups is 1. The number of rotatable bonds is 8. The van der Waals surface area contributed by atoms with Gasteiger partial charge in [0.15, 0.2) is 11.5 Å². The summed E-state index contributed by atoms with van der Waals surface area (Å²) >= 11 is 0. The molecule has 0 aliphatic heterocycles. The first kappa shape index (κ1) is 18.6. The minimum atomic E-state index is -0.306. The first-order valence-electron chi connectivity index (χ1n) is 8.38. The molecule has 0 heterocycles. The molecule has 2 aromatic carbocycles. The van der Waals surface area contributed by atoms with E-state index in [1.54, 1.807) is 26.2 Å². The number of esters is 1. The third kappa shape index (κ3) is 5.41. The summed E-state index contributed by atoms with van der Waals surface area (Å²) in [6.45, 7) is 6.76.